The number of pyridine rings is 1. The summed E-state index contributed by atoms with van der Waals surface area (Å²) in [5, 5.41) is 11.4. The van der Waals surface area contributed by atoms with Crippen molar-refractivity contribution in [2.24, 2.45) is 0 Å². The summed E-state index contributed by atoms with van der Waals surface area (Å²) in [6.45, 7) is 4.83. The van der Waals surface area contributed by atoms with Crippen molar-refractivity contribution < 1.29 is 13.9 Å². The van der Waals surface area contributed by atoms with Crippen molar-refractivity contribution in [1.29, 1.82) is 0 Å². The topological polar surface area (TPSA) is 108 Å². The van der Waals surface area contributed by atoms with Gasteiger partial charge in [0.1, 0.15) is 22.7 Å². The van der Waals surface area contributed by atoms with Crippen LogP contribution >= 0.6 is 0 Å². The second kappa shape index (κ2) is 8.27. The number of nitrogens with zero attached hydrogens (tertiary/aromatic N) is 3. The fourth-order valence-electron chi connectivity index (χ4n) is 4.86. The van der Waals surface area contributed by atoms with Gasteiger partial charge in [-0.25, -0.2) is 4.98 Å². The van der Waals surface area contributed by atoms with Crippen molar-refractivity contribution >= 4 is 44.4 Å². The van der Waals surface area contributed by atoms with Crippen LogP contribution in [0.25, 0.3) is 32.7 Å². The van der Waals surface area contributed by atoms with Gasteiger partial charge in [-0.3, -0.25) is 9.48 Å². The molecule has 0 atom stereocenters. The summed E-state index contributed by atoms with van der Waals surface area (Å²) in [7, 11) is 1.57. The third-order valence-electron chi connectivity index (χ3n) is 6.61. The molecular weight excluding hydrogens is 454 g/mol. The first kappa shape index (κ1) is 21.9. The lowest BCUT2D eigenvalue weighted by Crippen LogP contribution is -2.23. The van der Waals surface area contributed by atoms with Crippen LogP contribution in [0.4, 0.5) is 5.82 Å². The number of amides is 1. The van der Waals surface area contributed by atoms with Gasteiger partial charge in [0.25, 0.3) is 5.91 Å². The molecule has 4 heterocycles. The lowest BCUT2D eigenvalue weighted by Gasteiger charge is -2.13. The molecule has 180 valence electrons. The monoisotopic (exact) mass is 479 g/mol. The van der Waals surface area contributed by atoms with E-state index in [0.717, 1.165) is 55.1 Å². The number of aromatic nitrogens is 3. The summed E-state index contributed by atoms with van der Waals surface area (Å²) in [6, 6.07) is 13.7. The first-order valence-corrected chi connectivity index (χ1v) is 11.7. The second-order valence-electron chi connectivity index (χ2n) is 9.11. The predicted octanol–water partition coefficient (Wildman–Crippen LogP) is 4.95. The molecule has 2 bridgehead atoms. The van der Waals surface area contributed by atoms with Crippen molar-refractivity contribution in [3.05, 3.63) is 82.8 Å². The number of ether oxygens (including phenoxy) is 1. The first-order valence-electron chi connectivity index (χ1n) is 11.7. The van der Waals surface area contributed by atoms with Gasteiger partial charge in [0, 0.05) is 57.2 Å². The van der Waals surface area contributed by atoms with E-state index in [1.54, 1.807) is 13.2 Å². The van der Waals surface area contributed by atoms with E-state index in [2.05, 4.69) is 33.6 Å². The zero-order valence-electron chi connectivity index (χ0n) is 20.3. The summed E-state index contributed by atoms with van der Waals surface area (Å²) >= 11 is 0. The maximum Gasteiger partial charge on any atom is 0.251 e. The minimum Gasteiger partial charge on any atom is -0.496 e. The first-order chi connectivity index (χ1) is 17.4. The van der Waals surface area contributed by atoms with Crippen molar-refractivity contribution in [2.45, 2.75) is 26.9 Å². The van der Waals surface area contributed by atoms with Crippen LogP contribution in [0.3, 0.4) is 0 Å². The minimum absolute atomic E-state index is 0.188. The van der Waals surface area contributed by atoms with E-state index in [9.17, 15) is 4.79 Å². The molecule has 6 aromatic rings. The van der Waals surface area contributed by atoms with Crippen molar-refractivity contribution in [1.82, 2.24) is 20.1 Å². The molecule has 8 heteroatoms. The molecule has 0 saturated carbocycles. The Morgan fingerprint density at radius 3 is 2.56 bits per heavy atom. The molecule has 8 nitrogen and oxygen atoms in total. The van der Waals surface area contributed by atoms with Gasteiger partial charge in [-0.2, -0.15) is 5.10 Å². The Morgan fingerprint density at radius 1 is 1.06 bits per heavy atom. The van der Waals surface area contributed by atoms with E-state index in [1.807, 2.05) is 49.1 Å². The van der Waals surface area contributed by atoms with Gasteiger partial charge in [-0.1, -0.05) is 12.1 Å². The van der Waals surface area contributed by atoms with Crippen molar-refractivity contribution in [3.8, 4) is 5.75 Å². The van der Waals surface area contributed by atoms with Crippen LogP contribution in [-0.4, -0.2) is 27.8 Å². The number of methoxy groups -OCH3 is 1. The van der Waals surface area contributed by atoms with E-state index in [-0.39, 0.29) is 12.5 Å². The highest BCUT2D eigenvalue weighted by Gasteiger charge is 2.19. The molecular formula is C28H25N5O3. The molecule has 0 aliphatic carbocycles. The second-order valence-corrected chi connectivity index (χ2v) is 9.11. The highest BCUT2D eigenvalue weighted by Crippen LogP contribution is 2.41. The highest BCUT2D eigenvalue weighted by molar-refractivity contribution is 6.25. The summed E-state index contributed by atoms with van der Waals surface area (Å²) in [4.78, 5) is 17.3. The number of anilines is 1. The molecule has 36 heavy (non-hydrogen) atoms. The normalized spacial score (nSPS) is 11.6. The lowest BCUT2D eigenvalue weighted by atomic mass is 10.00. The summed E-state index contributed by atoms with van der Waals surface area (Å²) < 4.78 is 13.5. The van der Waals surface area contributed by atoms with Crippen LogP contribution in [-0.2, 0) is 13.1 Å². The molecule has 0 aliphatic heterocycles. The Kier molecular flexibility index (Phi) is 5.03. The molecule has 1 amide bonds. The molecule has 3 N–H and O–H groups in total. The number of hydrogen-bond acceptors (Lipinski definition) is 6. The summed E-state index contributed by atoms with van der Waals surface area (Å²) in [5.74, 6) is 0.794. The average Bonchev–Trinajstić information content (AvgIpc) is 3.56. The van der Waals surface area contributed by atoms with Gasteiger partial charge in [0.05, 0.1) is 19.9 Å². The van der Waals surface area contributed by atoms with Crippen molar-refractivity contribution in [3.63, 3.8) is 0 Å². The van der Waals surface area contributed by atoms with E-state index < -0.39 is 0 Å². The van der Waals surface area contributed by atoms with Gasteiger partial charge in [-0.15, -0.1) is 0 Å². The Labute approximate surface area is 207 Å². The Morgan fingerprint density at radius 2 is 1.81 bits per heavy atom. The SMILES string of the molecule is COc1cc(N)nc(C)c1CNC(=O)c1ccc2c(c1)c1oc2c2ccc(Cn3cc(C)cn3)cc21. The van der Waals surface area contributed by atoms with Crippen molar-refractivity contribution in [2.75, 3.05) is 12.8 Å². The number of rotatable bonds is 6. The van der Waals surface area contributed by atoms with Gasteiger partial charge in [0.15, 0.2) is 0 Å². The Hall–Kier alpha value is -4.59. The molecule has 0 radical (unpaired) electrons. The number of fused-ring (bicyclic) bond motifs is 8. The van der Waals surface area contributed by atoms with Crippen LogP contribution in [0.1, 0.15) is 32.7 Å². The third kappa shape index (κ3) is 3.58. The predicted molar refractivity (Wildman–Crippen MR) is 140 cm³/mol. The summed E-state index contributed by atoms with van der Waals surface area (Å²) in [6.07, 6.45) is 3.88. The molecule has 0 saturated heterocycles. The fraction of sp³-hybridized carbons (Fsp3) is 0.179. The smallest absolute Gasteiger partial charge is 0.251 e. The van der Waals surface area contributed by atoms with Crippen LogP contribution in [0.15, 0.2) is 59.3 Å². The number of hydrogen-bond donors (Lipinski definition) is 2. The Balaban J connectivity index is 1.31. The summed E-state index contributed by atoms with van der Waals surface area (Å²) in [5.41, 5.74) is 11.8. The van der Waals surface area contributed by atoms with Crippen LogP contribution < -0.4 is 15.8 Å². The zero-order chi connectivity index (χ0) is 25.0. The number of aryl methyl sites for hydroxylation is 2. The Bertz CT molecular complexity index is 1760. The zero-order valence-corrected chi connectivity index (χ0v) is 20.3. The maximum absolute atomic E-state index is 13.0. The number of furan rings is 2. The highest BCUT2D eigenvalue weighted by atomic mass is 16.5. The van der Waals surface area contributed by atoms with Crippen LogP contribution in [0.5, 0.6) is 5.75 Å². The molecule has 0 aliphatic rings. The molecule has 0 fully saturated rings. The molecule has 0 unspecified atom stereocenters. The van der Waals surface area contributed by atoms with Gasteiger partial charge < -0.3 is 20.2 Å². The molecule has 0 spiro atoms. The van der Waals surface area contributed by atoms with E-state index in [4.69, 9.17) is 14.9 Å². The number of benzene rings is 3. The number of carbonyl (C=O) groups excluding carboxylic acids is 1. The van der Waals surface area contributed by atoms with Gasteiger partial charge in [0.2, 0.25) is 0 Å². The molecule has 2 aromatic carbocycles. The van der Waals surface area contributed by atoms with E-state index in [0.29, 0.717) is 23.7 Å². The number of carbonyl (C=O) groups is 1. The van der Waals surface area contributed by atoms with E-state index >= 15 is 0 Å². The van der Waals surface area contributed by atoms with Gasteiger partial charge in [-0.05, 0) is 49.2 Å². The lowest BCUT2D eigenvalue weighted by molar-refractivity contribution is 0.0950. The number of nitrogens with one attached hydrogen (secondary N) is 1. The largest absolute Gasteiger partial charge is 0.496 e. The minimum atomic E-state index is -0.188. The maximum atomic E-state index is 13.0. The van der Waals surface area contributed by atoms with Crippen LogP contribution in [0.2, 0.25) is 0 Å². The standard InChI is InChI=1S/C28H25N5O3/c1-15-11-31-33(13-15)14-17-4-6-19-21(8-17)27-22-9-18(5-7-20(22)26(19)36-27)28(34)30-12-23-16(2)32-25(29)10-24(23)35-3/h4-11,13H,12,14H2,1-3H3,(H2,29,32)(H,30,34). The van der Waals surface area contributed by atoms with Gasteiger partial charge >= 0.3 is 0 Å². The number of nitrogens with two attached hydrogens (primary N) is 1. The average molecular weight is 480 g/mol. The fourth-order valence-corrected chi connectivity index (χ4v) is 4.86. The van der Waals surface area contributed by atoms with Crippen LogP contribution in [0, 0.1) is 13.8 Å². The van der Waals surface area contributed by atoms with E-state index in [1.165, 1.54) is 0 Å². The number of nitrogen functional groups attached to an aromatic ring is 1. The quantitative estimate of drug-likeness (QED) is 0.327. The molecule has 6 rings (SSSR count). The third-order valence-corrected chi connectivity index (χ3v) is 6.61. The molecule has 4 aromatic heterocycles.